The first-order valence-corrected chi connectivity index (χ1v) is 7.51. The molecule has 0 radical (unpaired) electrons. The van der Waals surface area contributed by atoms with Gasteiger partial charge in [-0.05, 0) is 18.8 Å². The topological polar surface area (TPSA) is 56.9 Å². The van der Waals surface area contributed by atoms with Crippen LogP contribution in [0.15, 0.2) is 6.20 Å². The highest BCUT2D eigenvalue weighted by molar-refractivity contribution is 7.15. The number of aliphatic hydroxyl groups excluding tert-OH is 1. The van der Waals surface area contributed by atoms with Gasteiger partial charge < -0.3 is 5.11 Å². The second-order valence-electron chi connectivity index (χ2n) is 5.04. The summed E-state index contributed by atoms with van der Waals surface area (Å²) in [6.45, 7) is 2.14. The number of nitrogens with zero attached hydrogens (tertiary/aromatic N) is 2. The van der Waals surface area contributed by atoms with E-state index in [4.69, 9.17) is 11.6 Å². The molecule has 1 heterocycles. The van der Waals surface area contributed by atoms with E-state index in [1.165, 1.54) is 17.5 Å². The fraction of sp³-hybridized carbons (Fsp3) is 0.692. The van der Waals surface area contributed by atoms with E-state index < -0.39 is 11.5 Å². The van der Waals surface area contributed by atoms with Gasteiger partial charge in [0.2, 0.25) is 0 Å². The van der Waals surface area contributed by atoms with Gasteiger partial charge in [-0.2, -0.15) is 5.26 Å². The lowest BCUT2D eigenvalue weighted by Gasteiger charge is -2.38. The average Bonchev–Trinajstić information content (AvgIpc) is 2.84. The summed E-state index contributed by atoms with van der Waals surface area (Å²) in [6, 6.07) is 2.36. The zero-order chi connectivity index (χ0) is 13.2. The number of hydrogen-bond acceptors (Lipinski definition) is 4. The minimum atomic E-state index is -0.811. The van der Waals surface area contributed by atoms with Crippen molar-refractivity contribution in [2.45, 2.75) is 45.1 Å². The van der Waals surface area contributed by atoms with Crippen molar-refractivity contribution in [3.8, 4) is 6.07 Å². The molecule has 1 N–H and O–H groups in total. The summed E-state index contributed by atoms with van der Waals surface area (Å²) in [7, 11) is 0. The Kier molecular flexibility index (Phi) is 4.26. The Morgan fingerprint density at radius 2 is 2.56 bits per heavy atom. The highest BCUT2D eigenvalue weighted by Crippen LogP contribution is 2.49. The maximum Gasteiger partial charge on any atom is 0.124 e. The quantitative estimate of drug-likeness (QED) is 0.914. The monoisotopic (exact) mass is 284 g/mol. The van der Waals surface area contributed by atoms with E-state index in [1.807, 2.05) is 0 Å². The molecule has 3 nitrogen and oxygen atoms in total. The standard InChI is InChI=1S/C13H17ClN2OS/c1-2-9-4-3-5-13(6-9,8-15)11(17)12-16-7-10(14)18-12/h7,9,11,17H,2-6H2,1H3. The second kappa shape index (κ2) is 5.56. The predicted molar refractivity (Wildman–Crippen MR) is 72.4 cm³/mol. The van der Waals surface area contributed by atoms with Crippen LogP contribution in [0, 0.1) is 22.7 Å². The van der Waals surface area contributed by atoms with Crippen molar-refractivity contribution < 1.29 is 5.11 Å². The van der Waals surface area contributed by atoms with Gasteiger partial charge in [-0.3, -0.25) is 0 Å². The van der Waals surface area contributed by atoms with Crippen LogP contribution in [0.5, 0.6) is 0 Å². The van der Waals surface area contributed by atoms with Crippen LogP contribution in [0.1, 0.15) is 50.1 Å². The largest absolute Gasteiger partial charge is 0.384 e. The Hall–Kier alpha value is -0.630. The smallest absolute Gasteiger partial charge is 0.124 e. The van der Waals surface area contributed by atoms with E-state index in [0.29, 0.717) is 15.3 Å². The lowest BCUT2D eigenvalue weighted by molar-refractivity contribution is 0.0184. The van der Waals surface area contributed by atoms with Crippen molar-refractivity contribution in [3.05, 3.63) is 15.5 Å². The van der Waals surface area contributed by atoms with Crippen LogP contribution < -0.4 is 0 Å². The summed E-state index contributed by atoms with van der Waals surface area (Å²) in [4.78, 5) is 4.12. The molecule has 0 aromatic carbocycles. The number of halogens is 1. The van der Waals surface area contributed by atoms with E-state index in [0.717, 1.165) is 32.1 Å². The van der Waals surface area contributed by atoms with Crippen LogP contribution in [0.25, 0.3) is 0 Å². The molecule has 1 aliphatic rings. The van der Waals surface area contributed by atoms with Gasteiger partial charge >= 0.3 is 0 Å². The van der Waals surface area contributed by atoms with Crippen LogP contribution >= 0.6 is 22.9 Å². The van der Waals surface area contributed by atoms with E-state index in [2.05, 4.69) is 18.0 Å². The molecule has 1 saturated carbocycles. The van der Waals surface area contributed by atoms with E-state index in [-0.39, 0.29) is 0 Å². The fourth-order valence-electron chi connectivity index (χ4n) is 2.81. The molecule has 3 unspecified atom stereocenters. The zero-order valence-corrected chi connectivity index (χ0v) is 12.0. The summed E-state index contributed by atoms with van der Waals surface area (Å²) in [5.41, 5.74) is -0.680. The first-order valence-electron chi connectivity index (χ1n) is 6.32. The zero-order valence-electron chi connectivity index (χ0n) is 10.4. The third kappa shape index (κ3) is 2.54. The van der Waals surface area contributed by atoms with E-state index in [9.17, 15) is 10.4 Å². The van der Waals surface area contributed by atoms with Gasteiger partial charge in [-0.1, -0.05) is 37.8 Å². The molecule has 18 heavy (non-hydrogen) atoms. The van der Waals surface area contributed by atoms with E-state index in [1.54, 1.807) is 0 Å². The molecular weight excluding hydrogens is 268 g/mol. The van der Waals surface area contributed by atoms with Crippen molar-refractivity contribution >= 4 is 22.9 Å². The van der Waals surface area contributed by atoms with Gasteiger partial charge in [0.05, 0.1) is 17.7 Å². The number of nitriles is 1. The van der Waals surface area contributed by atoms with Gasteiger partial charge in [0.15, 0.2) is 0 Å². The molecule has 1 aliphatic carbocycles. The summed E-state index contributed by atoms with van der Waals surface area (Å²) in [5.74, 6) is 0.531. The molecule has 1 aromatic heterocycles. The molecule has 0 saturated heterocycles. The first-order chi connectivity index (χ1) is 8.61. The average molecular weight is 285 g/mol. The van der Waals surface area contributed by atoms with Gasteiger partial charge in [0.25, 0.3) is 0 Å². The second-order valence-corrected chi connectivity index (χ2v) is 6.74. The molecule has 1 aromatic rings. The molecule has 2 rings (SSSR count). The maximum absolute atomic E-state index is 10.5. The van der Waals surface area contributed by atoms with E-state index >= 15 is 0 Å². The normalized spacial score (nSPS) is 29.8. The Labute approximate surface area is 116 Å². The molecule has 0 spiro atoms. The van der Waals surface area contributed by atoms with Crippen LogP contribution in [-0.4, -0.2) is 10.1 Å². The van der Waals surface area contributed by atoms with Crippen LogP contribution in [-0.2, 0) is 0 Å². The fourth-order valence-corrected chi connectivity index (χ4v) is 3.85. The highest BCUT2D eigenvalue weighted by Gasteiger charge is 2.44. The minimum Gasteiger partial charge on any atom is -0.384 e. The molecule has 98 valence electrons. The molecule has 5 heteroatoms. The van der Waals surface area contributed by atoms with Gasteiger partial charge in [-0.15, -0.1) is 11.3 Å². The van der Waals surface area contributed by atoms with Crippen molar-refractivity contribution in [1.82, 2.24) is 4.98 Å². The molecular formula is C13H17ClN2OS. The third-order valence-electron chi connectivity index (χ3n) is 3.94. The Bertz CT molecular complexity index is 456. The third-order valence-corrected chi connectivity index (χ3v) is 5.11. The van der Waals surface area contributed by atoms with Crippen molar-refractivity contribution in [2.75, 3.05) is 0 Å². The maximum atomic E-state index is 10.5. The van der Waals surface area contributed by atoms with Gasteiger partial charge in [0.1, 0.15) is 15.4 Å². The SMILES string of the molecule is CCC1CCCC(C#N)(C(O)c2ncc(Cl)s2)C1. The number of aromatic nitrogens is 1. The number of rotatable bonds is 3. The van der Waals surface area contributed by atoms with Crippen molar-refractivity contribution in [1.29, 1.82) is 5.26 Å². The highest BCUT2D eigenvalue weighted by atomic mass is 35.5. The number of aliphatic hydroxyl groups is 1. The predicted octanol–water partition coefficient (Wildman–Crippen LogP) is 3.94. The van der Waals surface area contributed by atoms with Crippen LogP contribution in [0.2, 0.25) is 4.34 Å². The Morgan fingerprint density at radius 1 is 1.78 bits per heavy atom. The molecule has 0 bridgehead atoms. The summed E-state index contributed by atoms with van der Waals surface area (Å²) >= 11 is 7.12. The lowest BCUT2D eigenvalue weighted by atomic mass is 9.67. The van der Waals surface area contributed by atoms with Crippen LogP contribution in [0.3, 0.4) is 0 Å². The first kappa shape index (κ1) is 13.8. The summed E-state index contributed by atoms with van der Waals surface area (Å²) < 4.78 is 0.556. The van der Waals surface area contributed by atoms with Crippen LogP contribution in [0.4, 0.5) is 0 Å². The van der Waals surface area contributed by atoms with Gasteiger partial charge in [0, 0.05) is 0 Å². The molecule has 0 aliphatic heterocycles. The number of hydrogen-bond donors (Lipinski definition) is 1. The lowest BCUT2D eigenvalue weighted by Crippen LogP contribution is -2.33. The molecule has 1 fully saturated rings. The summed E-state index contributed by atoms with van der Waals surface area (Å²) in [5, 5.41) is 20.6. The molecule has 0 amide bonds. The van der Waals surface area contributed by atoms with Crippen molar-refractivity contribution in [3.63, 3.8) is 0 Å². The summed E-state index contributed by atoms with van der Waals surface area (Å²) in [6.07, 6.45) is 5.46. The van der Waals surface area contributed by atoms with Crippen molar-refractivity contribution in [2.24, 2.45) is 11.3 Å². The molecule has 3 atom stereocenters. The minimum absolute atomic E-state index is 0.531. The Morgan fingerprint density at radius 3 is 3.11 bits per heavy atom. The number of thiazole rings is 1. The van der Waals surface area contributed by atoms with Gasteiger partial charge in [-0.25, -0.2) is 4.98 Å². The Balaban J connectivity index is 2.24.